The highest BCUT2D eigenvalue weighted by Gasteiger charge is 2.51. The summed E-state index contributed by atoms with van der Waals surface area (Å²) < 4.78 is 0. The molecule has 0 aromatic heterocycles. The lowest BCUT2D eigenvalue weighted by molar-refractivity contribution is -0.136. The smallest absolute Gasteiger partial charge is 0.315 e. The molecule has 4 saturated carbocycles. The fourth-order valence-corrected chi connectivity index (χ4v) is 6.01. The molecule has 0 aliphatic heterocycles. The Kier molecular flexibility index (Phi) is 5.48. The number of anilines is 1. The van der Waals surface area contributed by atoms with Crippen molar-refractivity contribution in [2.75, 3.05) is 11.9 Å². The minimum Gasteiger partial charge on any atom is -0.481 e. The molecule has 1 aromatic carbocycles. The van der Waals surface area contributed by atoms with E-state index in [4.69, 9.17) is 5.11 Å². The molecule has 0 heterocycles. The summed E-state index contributed by atoms with van der Waals surface area (Å²) in [5.74, 6) is 1.09. The molecule has 0 spiro atoms. The van der Waals surface area contributed by atoms with Gasteiger partial charge in [0, 0.05) is 24.2 Å². The third kappa shape index (κ3) is 4.71. The van der Waals surface area contributed by atoms with Crippen LogP contribution in [0.3, 0.4) is 0 Å². The second-order valence-corrected chi connectivity index (χ2v) is 9.10. The number of para-hydroxylation sites is 1. The molecule has 5 rings (SSSR count). The molecule has 0 unspecified atom stereocenters. The van der Waals surface area contributed by atoms with E-state index in [9.17, 15) is 14.4 Å². The summed E-state index contributed by atoms with van der Waals surface area (Å²) in [6.45, 7) is 0.241. The molecule has 4 N–H and O–H groups in total. The van der Waals surface area contributed by atoms with Crippen LogP contribution >= 0.6 is 0 Å². The zero-order chi connectivity index (χ0) is 20.4. The summed E-state index contributed by atoms with van der Waals surface area (Å²) in [7, 11) is 0. The Balaban J connectivity index is 1.23. The van der Waals surface area contributed by atoms with Crippen LogP contribution in [0, 0.1) is 17.8 Å². The average Bonchev–Trinajstić information content (AvgIpc) is 2.61. The summed E-state index contributed by atoms with van der Waals surface area (Å²) in [5, 5.41) is 17.8. The number of amides is 3. The highest BCUT2D eigenvalue weighted by Crippen LogP contribution is 2.55. The van der Waals surface area contributed by atoms with Gasteiger partial charge >= 0.3 is 12.0 Å². The molecule has 7 heteroatoms. The SMILES string of the molecule is O=C(O)Cc1ccccc1NC(=O)CCNC(=O)NC12CC3CC(CC(C3)C1)C2. The molecule has 4 aliphatic carbocycles. The topological polar surface area (TPSA) is 108 Å². The zero-order valence-electron chi connectivity index (χ0n) is 16.6. The molecule has 29 heavy (non-hydrogen) atoms. The number of carboxylic acids is 1. The van der Waals surface area contributed by atoms with Gasteiger partial charge in [0.25, 0.3) is 0 Å². The summed E-state index contributed by atoms with van der Waals surface area (Å²) in [6, 6.07) is 6.66. The molecule has 4 bridgehead atoms. The maximum absolute atomic E-state index is 12.4. The lowest BCUT2D eigenvalue weighted by Gasteiger charge is -2.56. The van der Waals surface area contributed by atoms with Crippen LogP contribution in [0.15, 0.2) is 24.3 Å². The van der Waals surface area contributed by atoms with Gasteiger partial charge in [-0.1, -0.05) is 18.2 Å². The van der Waals surface area contributed by atoms with Crippen molar-refractivity contribution in [3.63, 3.8) is 0 Å². The second-order valence-electron chi connectivity index (χ2n) is 9.10. The predicted molar refractivity (Wildman–Crippen MR) is 108 cm³/mol. The maximum Gasteiger partial charge on any atom is 0.315 e. The van der Waals surface area contributed by atoms with E-state index in [0.29, 0.717) is 11.3 Å². The monoisotopic (exact) mass is 399 g/mol. The van der Waals surface area contributed by atoms with Gasteiger partial charge in [0.2, 0.25) is 5.91 Å². The minimum atomic E-state index is -0.949. The van der Waals surface area contributed by atoms with E-state index in [1.54, 1.807) is 24.3 Å². The van der Waals surface area contributed by atoms with Crippen molar-refractivity contribution in [3.05, 3.63) is 29.8 Å². The quantitative estimate of drug-likeness (QED) is 0.565. The molecular formula is C22H29N3O4. The Bertz CT molecular complexity index is 772. The van der Waals surface area contributed by atoms with Crippen LogP contribution in [-0.2, 0) is 16.0 Å². The Labute approximate surface area is 170 Å². The van der Waals surface area contributed by atoms with E-state index in [1.165, 1.54) is 19.3 Å². The number of carboxylic acid groups (broad SMARTS) is 1. The normalized spacial score (nSPS) is 29.3. The van der Waals surface area contributed by atoms with Crippen molar-refractivity contribution < 1.29 is 19.5 Å². The summed E-state index contributed by atoms with van der Waals surface area (Å²) in [5.41, 5.74) is 1.01. The van der Waals surface area contributed by atoms with Gasteiger partial charge in [-0.25, -0.2) is 4.79 Å². The van der Waals surface area contributed by atoms with E-state index < -0.39 is 5.97 Å². The van der Waals surface area contributed by atoms with Gasteiger partial charge in [-0.2, -0.15) is 0 Å². The van der Waals surface area contributed by atoms with E-state index in [1.807, 2.05) is 0 Å². The number of aliphatic carboxylic acids is 1. The highest BCUT2D eigenvalue weighted by molar-refractivity contribution is 5.92. The first-order valence-electron chi connectivity index (χ1n) is 10.6. The number of benzene rings is 1. The largest absolute Gasteiger partial charge is 0.481 e. The van der Waals surface area contributed by atoms with Crippen molar-refractivity contribution in [1.29, 1.82) is 0 Å². The van der Waals surface area contributed by atoms with Crippen molar-refractivity contribution in [2.24, 2.45) is 17.8 Å². The molecule has 1 aromatic rings. The van der Waals surface area contributed by atoms with E-state index >= 15 is 0 Å². The van der Waals surface area contributed by atoms with Crippen molar-refractivity contribution in [2.45, 2.75) is 56.9 Å². The number of urea groups is 1. The molecular weight excluding hydrogens is 370 g/mol. The number of hydrogen-bond donors (Lipinski definition) is 4. The van der Waals surface area contributed by atoms with Crippen molar-refractivity contribution in [3.8, 4) is 0 Å². The summed E-state index contributed by atoms with van der Waals surface area (Å²) in [6.07, 6.45) is 7.23. The van der Waals surface area contributed by atoms with Crippen LogP contribution in [0.2, 0.25) is 0 Å². The molecule has 4 fully saturated rings. The van der Waals surface area contributed by atoms with Crippen LogP contribution in [0.4, 0.5) is 10.5 Å². The first-order chi connectivity index (χ1) is 13.9. The highest BCUT2D eigenvalue weighted by atomic mass is 16.4. The number of nitrogens with one attached hydrogen (secondary N) is 3. The van der Waals surface area contributed by atoms with E-state index in [-0.39, 0.29) is 36.9 Å². The maximum atomic E-state index is 12.4. The Morgan fingerprint density at radius 3 is 2.24 bits per heavy atom. The predicted octanol–water partition coefficient (Wildman–Crippen LogP) is 2.91. The van der Waals surface area contributed by atoms with Crippen LogP contribution in [0.5, 0.6) is 0 Å². The van der Waals surface area contributed by atoms with Gasteiger partial charge in [-0.15, -0.1) is 0 Å². The van der Waals surface area contributed by atoms with Gasteiger partial charge in [0.1, 0.15) is 0 Å². The fourth-order valence-electron chi connectivity index (χ4n) is 6.01. The number of hydrogen-bond acceptors (Lipinski definition) is 3. The summed E-state index contributed by atoms with van der Waals surface area (Å²) >= 11 is 0. The van der Waals surface area contributed by atoms with Crippen molar-refractivity contribution >= 4 is 23.6 Å². The molecule has 0 radical (unpaired) electrons. The lowest BCUT2D eigenvalue weighted by Crippen LogP contribution is -2.61. The Morgan fingerprint density at radius 2 is 1.62 bits per heavy atom. The lowest BCUT2D eigenvalue weighted by atomic mass is 9.53. The third-order valence-corrected chi connectivity index (χ3v) is 6.69. The first kappa shape index (κ1) is 19.7. The van der Waals surface area contributed by atoms with E-state index in [0.717, 1.165) is 37.0 Å². The third-order valence-electron chi connectivity index (χ3n) is 6.69. The first-order valence-corrected chi connectivity index (χ1v) is 10.6. The fraction of sp³-hybridized carbons (Fsp3) is 0.591. The Morgan fingerprint density at radius 1 is 1.00 bits per heavy atom. The van der Waals surface area contributed by atoms with Crippen molar-refractivity contribution in [1.82, 2.24) is 10.6 Å². The zero-order valence-corrected chi connectivity index (χ0v) is 16.6. The van der Waals surface area contributed by atoms with Gasteiger partial charge in [0.15, 0.2) is 0 Å². The standard InChI is InChI=1S/C22H29N3O4/c26-19(24-18-4-2-1-3-17(18)10-20(27)28)5-6-23-21(29)25-22-11-14-7-15(12-22)9-16(8-14)13-22/h1-4,14-16H,5-13H2,(H,24,26)(H,27,28)(H2,23,25,29). The molecule has 156 valence electrons. The van der Waals surface area contributed by atoms with Crippen LogP contribution in [0.25, 0.3) is 0 Å². The van der Waals surface area contributed by atoms with Gasteiger partial charge in [-0.05, 0) is 67.9 Å². The molecule has 3 amide bonds. The molecule has 7 nitrogen and oxygen atoms in total. The van der Waals surface area contributed by atoms with E-state index in [2.05, 4.69) is 16.0 Å². The average molecular weight is 399 g/mol. The minimum absolute atomic E-state index is 0.0448. The Hall–Kier alpha value is -2.57. The van der Waals surface area contributed by atoms with Crippen LogP contribution in [-0.4, -0.2) is 35.1 Å². The van der Waals surface area contributed by atoms with Gasteiger partial charge < -0.3 is 21.1 Å². The second kappa shape index (κ2) is 8.05. The number of carbonyl (C=O) groups excluding carboxylic acids is 2. The van der Waals surface area contributed by atoms with Crippen LogP contribution < -0.4 is 16.0 Å². The van der Waals surface area contributed by atoms with Gasteiger partial charge in [-0.3, -0.25) is 9.59 Å². The molecule has 0 saturated heterocycles. The molecule has 0 atom stereocenters. The van der Waals surface area contributed by atoms with Gasteiger partial charge in [0.05, 0.1) is 6.42 Å². The number of rotatable bonds is 7. The number of carbonyl (C=O) groups is 3. The van der Waals surface area contributed by atoms with Crippen LogP contribution in [0.1, 0.15) is 50.5 Å². The summed E-state index contributed by atoms with van der Waals surface area (Å²) in [4.78, 5) is 35.6. The molecule has 4 aliphatic rings.